The van der Waals surface area contributed by atoms with Crippen LogP contribution in [0.2, 0.25) is 0 Å². The van der Waals surface area contributed by atoms with Gasteiger partial charge >= 0.3 is 0 Å². The molecule has 0 spiro atoms. The summed E-state index contributed by atoms with van der Waals surface area (Å²) in [5.41, 5.74) is 4.02. The van der Waals surface area contributed by atoms with Crippen molar-refractivity contribution in [3.63, 3.8) is 0 Å². The third-order valence-corrected chi connectivity index (χ3v) is 3.48. The van der Waals surface area contributed by atoms with E-state index < -0.39 is 0 Å². The van der Waals surface area contributed by atoms with Crippen molar-refractivity contribution in [3.8, 4) is 11.3 Å². The molecule has 0 fully saturated rings. The van der Waals surface area contributed by atoms with Gasteiger partial charge in [0.05, 0.1) is 12.1 Å². The lowest BCUT2D eigenvalue weighted by Gasteiger charge is -2.02. The quantitative estimate of drug-likeness (QED) is 0.685. The van der Waals surface area contributed by atoms with Crippen molar-refractivity contribution >= 4 is 6.29 Å². The van der Waals surface area contributed by atoms with Crippen molar-refractivity contribution in [3.05, 3.63) is 77.2 Å². The van der Waals surface area contributed by atoms with E-state index in [9.17, 15) is 9.18 Å². The zero-order valence-corrected chi connectivity index (χ0v) is 12.2. The molecule has 3 aromatic rings. The predicted molar refractivity (Wildman–Crippen MR) is 83.3 cm³/mol. The largest absolute Gasteiger partial charge is 0.298 e. The molecule has 1 aromatic heterocycles. The van der Waals surface area contributed by atoms with Crippen LogP contribution in [0.1, 0.15) is 21.5 Å². The van der Waals surface area contributed by atoms with E-state index in [4.69, 9.17) is 0 Å². The number of carbonyl (C=O) groups excluding carboxylic acids is 1. The zero-order chi connectivity index (χ0) is 15.5. The normalized spacial score (nSPS) is 10.6. The first kappa shape index (κ1) is 14.2. The Balaban J connectivity index is 1.94. The summed E-state index contributed by atoms with van der Waals surface area (Å²) in [7, 11) is 0. The second kappa shape index (κ2) is 5.93. The molecular weight excluding hydrogens is 279 g/mol. The molecule has 1 heterocycles. The molecule has 0 radical (unpaired) electrons. The molecule has 0 aliphatic carbocycles. The molecule has 3 rings (SSSR count). The molecule has 0 atom stereocenters. The van der Waals surface area contributed by atoms with Crippen LogP contribution in [-0.2, 0) is 6.54 Å². The maximum atomic E-state index is 13.2. The first-order valence-corrected chi connectivity index (χ1v) is 7.00. The fourth-order valence-electron chi connectivity index (χ4n) is 2.36. The molecule has 110 valence electrons. The second-order valence-electron chi connectivity index (χ2n) is 5.24. The Morgan fingerprint density at radius 3 is 2.64 bits per heavy atom. The Hall–Kier alpha value is -2.75. The average molecular weight is 294 g/mol. The third kappa shape index (κ3) is 2.96. The van der Waals surface area contributed by atoms with Gasteiger partial charge in [-0.05, 0) is 24.6 Å². The van der Waals surface area contributed by atoms with Gasteiger partial charge in [0.15, 0.2) is 6.29 Å². The van der Waals surface area contributed by atoms with Crippen LogP contribution in [0.4, 0.5) is 4.39 Å². The van der Waals surface area contributed by atoms with E-state index in [-0.39, 0.29) is 5.82 Å². The number of aldehydes is 1. The van der Waals surface area contributed by atoms with Crippen LogP contribution in [0.5, 0.6) is 0 Å². The maximum Gasteiger partial charge on any atom is 0.153 e. The monoisotopic (exact) mass is 294 g/mol. The van der Waals surface area contributed by atoms with Crippen LogP contribution in [0.15, 0.2) is 54.7 Å². The summed E-state index contributed by atoms with van der Waals surface area (Å²) in [6, 6.07) is 14.2. The summed E-state index contributed by atoms with van der Waals surface area (Å²) in [5, 5.41) is 4.47. The number of nitrogens with zero attached hydrogens (tertiary/aromatic N) is 2. The zero-order valence-electron chi connectivity index (χ0n) is 12.2. The van der Waals surface area contributed by atoms with Gasteiger partial charge in [-0.1, -0.05) is 42.0 Å². The molecular formula is C18H15FN2O. The highest BCUT2D eigenvalue weighted by Gasteiger charge is 2.11. The minimum atomic E-state index is -0.279. The van der Waals surface area contributed by atoms with Crippen molar-refractivity contribution in [1.29, 1.82) is 0 Å². The highest BCUT2D eigenvalue weighted by Crippen LogP contribution is 2.22. The Bertz CT molecular complexity index is 806. The lowest BCUT2D eigenvalue weighted by atomic mass is 10.1. The van der Waals surface area contributed by atoms with Gasteiger partial charge in [0, 0.05) is 11.8 Å². The van der Waals surface area contributed by atoms with Gasteiger partial charge in [-0.15, -0.1) is 0 Å². The van der Waals surface area contributed by atoms with Crippen molar-refractivity contribution < 1.29 is 9.18 Å². The first-order chi connectivity index (χ1) is 10.7. The van der Waals surface area contributed by atoms with Crippen LogP contribution in [0.3, 0.4) is 0 Å². The fraction of sp³-hybridized carbons (Fsp3) is 0.111. The van der Waals surface area contributed by atoms with Crippen molar-refractivity contribution in [1.82, 2.24) is 9.78 Å². The molecule has 0 unspecified atom stereocenters. The van der Waals surface area contributed by atoms with E-state index in [1.807, 2.05) is 37.3 Å². The summed E-state index contributed by atoms with van der Waals surface area (Å²) >= 11 is 0. The molecule has 0 amide bonds. The van der Waals surface area contributed by atoms with E-state index in [2.05, 4.69) is 5.10 Å². The second-order valence-corrected chi connectivity index (χ2v) is 5.24. The van der Waals surface area contributed by atoms with Crippen molar-refractivity contribution in [2.75, 3.05) is 0 Å². The van der Waals surface area contributed by atoms with Gasteiger partial charge in [0.2, 0.25) is 0 Å². The van der Waals surface area contributed by atoms with Gasteiger partial charge in [-0.3, -0.25) is 9.48 Å². The topological polar surface area (TPSA) is 34.9 Å². The molecule has 0 aliphatic rings. The molecule has 0 N–H and O–H groups in total. The number of hydrogen-bond donors (Lipinski definition) is 0. The number of aryl methyl sites for hydroxylation is 1. The number of carbonyl (C=O) groups is 1. The summed E-state index contributed by atoms with van der Waals surface area (Å²) in [4.78, 5) is 11.3. The van der Waals surface area contributed by atoms with E-state index >= 15 is 0 Å². The highest BCUT2D eigenvalue weighted by molar-refractivity contribution is 5.85. The minimum absolute atomic E-state index is 0.279. The molecule has 0 bridgehead atoms. The van der Waals surface area contributed by atoms with E-state index in [0.29, 0.717) is 17.8 Å². The molecule has 0 saturated heterocycles. The number of hydrogen-bond acceptors (Lipinski definition) is 2. The van der Waals surface area contributed by atoms with Gasteiger partial charge in [-0.25, -0.2) is 4.39 Å². The highest BCUT2D eigenvalue weighted by atomic mass is 19.1. The van der Waals surface area contributed by atoms with Crippen LogP contribution >= 0.6 is 0 Å². The van der Waals surface area contributed by atoms with Gasteiger partial charge in [-0.2, -0.15) is 5.10 Å². The third-order valence-electron chi connectivity index (χ3n) is 3.48. The van der Waals surface area contributed by atoms with Gasteiger partial charge in [0.25, 0.3) is 0 Å². The molecule has 0 aliphatic heterocycles. The first-order valence-electron chi connectivity index (χ1n) is 7.00. The lowest BCUT2D eigenvalue weighted by molar-refractivity contribution is 0.112. The van der Waals surface area contributed by atoms with Crippen LogP contribution in [0, 0.1) is 12.7 Å². The molecule has 4 heteroatoms. The standard InChI is InChI=1S/C18H15FN2O/c1-13-5-7-15(8-6-13)18-16(12-22)11-21(20-18)10-14-3-2-4-17(19)9-14/h2-9,11-12H,10H2,1H3. The molecule has 3 nitrogen and oxygen atoms in total. The average Bonchev–Trinajstić information content (AvgIpc) is 2.91. The van der Waals surface area contributed by atoms with Crippen LogP contribution < -0.4 is 0 Å². The molecule has 22 heavy (non-hydrogen) atoms. The summed E-state index contributed by atoms with van der Waals surface area (Å²) in [6.45, 7) is 2.43. The summed E-state index contributed by atoms with van der Waals surface area (Å²) in [6.07, 6.45) is 2.48. The van der Waals surface area contributed by atoms with Crippen LogP contribution in [0.25, 0.3) is 11.3 Å². The number of rotatable bonds is 4. The van der Waals surface area contributed by atoms with E-state index in [0.717, 1.165) is 23.0 Å². The lowest BCUT2D eigenvalue weighted by Crippen LogP contribution is -2.00. The summed E-state index contributed by atoms with van der Waals surface area (Å²) in [5.74, 6) is -0.279. The van der Waals surface area contributed by atoms with Gasteiger partial charge in [0.1, 0.15) is 11.5 Å². The van der Waals surface area contributed by atoms with Crippen molar-refractivity contribution in [2.24, 2.45) is 0 Å². The molecule has 2 aromatic carbocycles. The fourth-order valence-corrected chi connectivity index (χ4v) is 2.36. The Morgan fingerprint density at radius 2 is 1.95 bits per heavy atom. The van der Waals surface area contributed by atoms with E-state index in [1.54, 1.807) is 16.9 Å². The number of benzene rings is 2. The predicted octanol–water partition coefficient (Wildman–Crippen LogP) is 3.86. The number of aromatic nitrogens is 2. The van der Waals surface area contributed by atoms with E-state index in [1.165, 1.54) is 12.1 Å². The number of halogens is 1. The maximum absolute atomic E-state index is 13.2. The SMILES string of the molecule is Cc1ccc(-c2nn(Cc3cccc(F)c3)cc2C=O)cc1. The summed E-state index contributed by atoms with van der Waals surface area (Å²) < 4.78 is 14.9. The molecule has 0 saturated carbocycles. The van der Waals surface area contributed by atoms with Crippen LogP contribution in [-0.4, -0.2) is 16.1 Å². The Morgan fingerprint density at radius 1 is 1.18 bits per heavy atom. The van der Waals surface area contributed by atoms with Crippen molar-refractivity contribution in [2.45, 2.75) is 13.5 Å². The Kier molecular flexibility index (Phi) is 3.83. The van der Waals surface area contributed by atoms with Gasteiger partial charge < -0.3 is 0 Å². The minimum Gasteiger partial charge on any atom is -0.298 e. The Labute approximate surface area is 128 Å². The smallest absolute Gasteiger partial charge is 0.153 e.